The number of hydrogen-bond acceptors (Lipinski definition) is 7. The van der Waals surface area contributed by atoms with E-state index in [1.54, 1.807) is 19.1 Å². The van der Waals surface area contributed by atoms with Gasteiger partial charge < -0.3 is 4.42 Å². The quantitative estimate of drug-likeness (QED) is 0.337. The maximum Gasteiger partial charge on any atom is 0.281 e. The van der Waals surface area contributed by atoms with Crippen molar-refractivity contribution in [2.45, 2.75) is 18.4 Å². The molecule has 0 saturated carbocycles. The monoisotopic (exact) mass is 496 g/mol. The van der Waals surface area contributed by atoms with Crippen LogP contribution in [0.15, 0.2) is 82.3 Å². The third kappa shape index (κ3) is 5.39. The first-order chi connectivity index (χ1) is 16.3. The summed E-state index contributed by atoms with van der Waals surface area (Å²) in [7, 11) is -3.78. The molecule has 4 aromatic rings. The van der Waals surface area contributed by atoms with Gasteiger partial charge in [-0.1, -0.05) is 30.3 Å². The van der Waals surface area contributed by atoms with Crippen molar-refractivity contribution in [3.05, 3.63) is 94.9 Å². The van der Waals surface area contributed by atoms with E-state index in [-0.39, 0.29) is 17.0 Å². The lowest BCUT2D eigenvalue weighted by Crippen LogP contribution is -2.41. The third-order valence-electron chi connectivity index (χ3n) is 4.76. The molecular weight excluding hydrogens is 476 g/mol. The topological polar surface area (TPSA) is 130 Å². The second kappa shape index (κ2) is 10.00. The molecule has 0 fully saturated rings. The molecule has 2 amide bonds. The smallest absolute Gasteiger partial charge is 0.281 e. The van der Waals surface area contributed by atoms with Crippen LogP contribution in [0.1, 0.15) is 31.5 Å². The highest BCUT2D eigenvalue weighted by atomic mass is 32.2. The molecule has 0 atom stereocenters. The number of aromatic nitrogens is 1. The first kappa shape index (κ1) is 23.4. The Labute approximate surface area is 199 Å². The standard InChI is InChI=1S/C23H20N4O5S2/c1-15-20(33-23(25-15)17-6-3-2-4-7-17)22(29)27-26-21(28)16-9-11-19(12-10-16)34(30,31)24-14-18-8-5-13-32-18/h2-13,24H,14H2,1H3,(H,26,28)(H,27,29). The third-order valence-corrected chi connectivity index (χ3v) is 7.38. The summed E-state index contributed by atoms with van der Waals surface area (Å²) in [6, 6.07) is 18.1. The molecule has 2 aromatic carbocycles. The minimum atomic E-state index is -3.78. The fourth-order valence-electron chi connectivity index (χ4n) is 3.00. The van der Waals surface area contributed by atoms with E-state index < -0.39 is 21.8 Å². The Balaban J connectivity index is 1.36. The Hall–Kier alpha value is -3.80. The van der Waals surface area contributed by atoms with E-state index in [0.717, 1.165) is 5.56 Å². The fraction of sp³-hybridized carbons (Fsp3) is 0.0870. The van der Waals surface area contributed by atoms with Crippen molar-refractivity contribution in [3.8, 4) is 10.6 Å². The lowest BCUT2D eigenvalue weighted by molar-refractivity contribution is 0.0848. The second-order valence-electron chi connectivity index (χ2n) is 7.14. The largest absolute Gasteiger partial charge is 0.468 e. The van der Waals surface area contributed by atoms with Crippen LogP contribution < -0.4 is 15.6 Å². The van der Waals surface area contributed by atoms with Gasteiger partial charge in [0.15, 0.2) is 0 Å². The van der Waals surface area contributed by atoms with E-state index in [4.69, 9.17) is 4.42 Å². The van der Waals surface area contributed by atoms with Gasteiger partial charge in [0, 0.05) is 11.1 Å². The van der Waals surface area contributed by atoms with Gasteiger partial charge in [-0.25, -0.2) is 18.1 Å². The zero-order valence-electron chi connectivity index (χ0n) is 17.9. The Bertz CT molecular complexity index is 1400. The summed E-state index contributed by atoms with van der Waals surface area (Å²) in [6.07, 6.45) is 1.45. The summed E-state index contributed by atoms with van der Waals surface area (Å²) in [4.78, 5) is 29.8. The number of carbonyl (C=O) groups is 2. The SMILES string of the molecule is Cc1nc(-c2ccccc2)sc1C(=O)NNC(=O)c1ccc(S(=O)(=O)NCc2ccco2)cc1. The van der Waals surface area contributed by atoms with Crippen LogP contribution in [0, 0.1) is 6.92 Å². The van der Waals surface area contributed by atoms with E-state index in [9.17, 15) is 18.0 Å². The molecule has 34 heavy (non-hydrogen) atoms. The highest BCUT2D eigenvalue weighted by Crippen LogP contribution is 2.27. The number of hydrogen-bond donors (Lipinski definition) is 3. The van der Waals surface area contributed by atoms with Crippen LogP contribution in [0.25, 0.3) is 10.6 Å². The van der Waals surface area contributed by atoms with Crippen LogP contribution in [0.2, 0.25) is 0 Å². The van der Waals surface area contributed by atoms with Crippen LogP contribution in [0.5, 0.6) is 0 Å². The lowest BCUT2D eigenvalue weighted by atomic mass is 10.2. The number of carbonyl (C=O) groups excluding carboxylic acids is 2. The first-order valence-corrected chi connectivity index (χ1v) is 12.4. The predicted octanol–water partition coefficient (Wildman–Crippen LogP) is 3.26. The molecule has 0 bridgehead atoms. The van der Waals surface area contributed by atoms with Crippen molar-refractivity contribution in [3.63, 3.8) is 0 Å². The zero-order chi connectivity index (χ0) is 24.1. The molecule has 0 aliphatic heterocycles. The van der Waals surface area contributed by atoms with Gasteiger partial charge >= 0.3 is 0 Å². The number of nitrogens with one attached hydrogen (secondary N) is 3. The normalized spacial score (nSPS) is 11.2. The Morgan fingerprint density at radius 3 is 2.32 bits per heavy atom. The molecule has 0 aliphatic rings. The minimum Gasteiger partial charge on any atom is -0.468 e. The molecule has 0 radical (unpaired) electrons. The number of sulfonamides is 1. The van der Waals surface area contributed by atoms with E-state index in [1.165, 1.54) is 41.9 Å². The van der Waals surface area contributed by atoms with Crippen LogP contribution in [0.4, 0.5) is 0 Å². The molecular formula is C23H20N4O5S2. The molecule has 0 unspecified atom stereocenters. The average Bonchev–Trinajstić information content (AvgIpc) is 3.51. The Kier molecular flexibility index (Phi) is 6.87. The van der Waals surface area contributed by atoms with E-state index in [2.05, 4.69) is 20.6 Å². The minimum absolute atomic E-state index is 0.00614. The molecule has 174 valence electrons. The molecule has 0 saturated heterocycles. The maximum absolute atomic E-state index is 12.6. The van der Waals surface area contributed by atoms with Crippen molar-refractivity contribution in [2.75, 3.05) is 0 Å². The fourth-order valence-corrected chi connectivity index (χ4v) is 4.96. The highest BCUT2D eigenvalue weighted by molar-refractivity contribution is 7.89. The summed E-state index contributed by atoms with van der Waals surface area (Å²) in [5.41, 5.74) is 6.33. The van der Waals surface area contributed by atoms with Gasteiger partial charge in [-0.2, -0.15) is 0 Å². The average molecular weight is 497 g/mol. The Morgan fingerprint density at radius 2 is 1.65 bits per heavy atom. The van der Waals surface area contributed by atoms with Crippen LogP contribution in [-0.2, 0) is 16.6 Å². The van der Waals surface area contributed by atoms with Crippen LogP contribution >= 0.6 is 11.3 Å². The van der Waals surface area contributed by atoms with Crippen molar-refractivity contribution < 1.29 is 22.4 Å². The lowest BCUT2D eigenvalue weighted by Gasteiger charge is -2.08. The van der Waals surface area contributed by atoms with Crippen molar-refractivity contribution in [1.82, 2.24) is 20.6 Å². The Morgan fingerprint density at radius 1 is 0.941 bits per heavy atom. The number of hydrazine groups is 1. The molecule has 4 rings (SSSR count). The molecule has 2 heterocycles. The van der Waals surface area contributed by atoms with E-state index in [1.807, 2.05) is 30.3 Å². The highest BCUT2D eigenvalue weighted by Gasteiger charge is 2.18. The van der Waals surface area contributed by atoms with E-state index >= 15 is 0 Å². The van der Waals surface area contributed by atoms with Gasteiger partial charge in [0.1, 0.15) is 15.6 Å². The van der Waals surface area contributed by atoms with Gasteiger partial charge in [0.2, 0.25) is 10.0 Å². The summed E-state index contributed by atoms with van der Waals surface area (Å²) < 4.78 is 32.3. The zero-order valence-corrected chi connectivity index (χ0v) is 19.6. The molecule has 3 N–H and O–H groups in total. The molecule has 0 spiro atoms. The van der Waals surface area contributed by atoms with Crippen molar-refractivity contribution in [1.29, 1.82) is 0 Å². The number of nitrogens with zero attached hydrogens (tertiary/aromatic N) is 1. The van der Waals surface area contributed by atoms with Gasteiger partial charge in [0.05, 0.1) is 23.4 Å². The van der Waals surface area contributed by atoms with Gasteiger partial charge in [0.25, 0.3) is 11.8 Å². The number of aryl methyl sites for hydroxylation is 1. The first-order valence-electron chi connectivity index (χ1n) is 10.1. The van der Waals surface area contributed by atoms with Gasteiger partial charge in [-0.15, -0.1) is 11.3 Å². The number of furan rings is 1. The van der Waals surface area contributed by atoms with Crippen molar-refractivity contribution >= 4 is 33.2 Å². The summed E-state index contributed by atoms with van der Waals surface area (Å²) in [5, 5.41) is 0.701. The summed E-state index contributed by atoms with van der Waals surface area (Å²) in [5.74, 6) is -0.611. The molecule has 11 heteroatoms. The van der Waals surface area contributed by atoms with E-state index in [0.29, 0.717) is 21.3 Å². The summed E-state index contributed by atoms with van der Waals surface area (Å²) in [6.45, 7) is 1.73. The second-order valence-corrected chi connectivity index (χ2v) is 9.90. The predicted molar refractivity (Wildman–Crippen MR) is 126 cm³/mol. The molecule has 9 nitrogen and oxygen atoms in total. The number of rotatable bonds is 7. The maximum atomic E-state index is 12.6. The molecule has 2 aromatic heterocycles. The van der Waals surface area contributed by atoms with Crippen molar-refractivity contribution in [2.24, 2.45) is 0 Å². The van der Waals surface area contributed by atoms with Crippen LogP contribution in [-0.4, -0.2) is 25.2 Å². The number of thiazole rings is 1. The van der Waals surface area contributed by atoms with Crippen LogP contribution in [0.3, 0.4) is 0 Å². The van der Waals surface area contributed by atoms with Gasteiger partial charge in [-0.05, 0) is 43.3 Å². The summed E-state index contributed by atoms with van der Waals surface area (Å²) >= 11 is 1.22. The molecule has 0 aliphatic carbocycles. The van der Waals surface area contributed by atoms with Gasteiger partial charge in [-0.3, -0.25) is 20.4 Å². The number of amides is 2. The number of benzene rings is 2.